The Labute approximate surface area is 46.0 Å². The maximum absolute atomic E-state index is 11.8. The molecule has 0 N–H and O–H groups in total. The van der Waals surface area contributed by atoms with E-state index in [1.807, 2.05) is 0 Å². The lowest BCUT2D eigenvalue weighted by molar-refractivity contribution is -0.124. The molecule has 0 aromatic carbocycles. The molecule has 8 heavy (non-hydrogen) atoms. The highest BCUT2D eigenvalue weighted by molar-refractivity contribution is 5.64. The number of allylic oxidation sites excluding steroid dienone is 1. The number of rotatable bonds is 2. The van der Waals surface area contributed by atoms with Crippen molar-refractivity contribution in [1.82, 2.24) is 0 Å². The fourth-order valence-electron chi connectivity index (χ4n) is 0.101. The van der Waals surface area contributed by atoms with Crippen LogP contribution in [0.4, 0.5) is 8.78 Å². The molecule has 0 bridgehead atoms. The first kappa shape index (κ1) is 7.27. The van der Waals surface area contributed by atoms with Crippen LogP contribution in [0.1, 0.15) is 6.92 Å². The summed E-state index contributed by atoms with van der Waals surface area (Å²) in [7, 11) is 0. The molecule has 0 rings (SSSR count). The fraction of sp³-hybridized carbons (Fsp3) is 0.400. The van der Waals surface area contributed by atoms with E-state index < -0.39 is 17.8 Å². The van der Waals surface area contributed by atoms with E-state index in [1.54, 1.807) is 0 Å². The van der Waals surface area contributed by atoms with Gasteiger partial charge in [0, 0.05) is 0 Å². The summed E-state index contributed by atoms with van der Waals surface area (Å²) >= 11 is 0. The summed E-state index contributed by atoms with van der Waals surface area (Å²) in [4.78, 5) is 9.46. The Morgan fingerprint density at radius 3 is 2.12 bits per heavy atom. The number of hydrogen-bond acceptors (Lipinski definition) is 1. The highest BCUT2D eigenvalue weighted by Gasteiger charge is 2.28. The Bertz CT molecular complexity index is 118. The van der Waals surface area contributed by atoms with E-state index in [-0.39, 0.29) is 0 Å². The second kappa shape index (κ2) is 2.03. The summed E-state index contributed by atoms with van der Waals surface area (Å²) in [5.41, 5.74) is -0.424. The average Bonchev–Trinajstić information content (AvgIpc) is 1.67. The molecule has 46 valence electrons. The summed E-state index contributed by atoms with van der Waals surface area (Å²) in [6, 6.07) is 0. The second-order valence-corrected chi connectivity index (χ2v) is 1.52. The van der Waals surface area contributed by atoms with Gasteiger partial charge in [0.05, 0.1) is 0 Å². The molecular weight excluding hydrogens is 114 g/mol. The quantitative estimate of drug-likeness (QED) is 0.397. The summed E-state index contributed by atoms with van der Waals surface area (Å²) in [5.74, 6) is -3.33. The van der Waals surface area contributed by atoms with E-state index >= 15 is 0 Å². The Kier molecular flexibility index (Phi) is 1.84. The van der Waals surface area contributed by atoms with Crippen molar-refractivity contribution in [3.8, 4) is 0 Å². The molecule has 0 aliphatic rings. The lowest BCUT2D eigenvalue weighted by atomic mass is 10.2. The van der Waals surface area contributed by atoms with Crippen LogP contribution in [0.3, 0.4) is 0 Å². The van der Waals surface area contributed by atoms with Gasteiger partial charge in [-0.1, -0.05) is 6.58 Å². The zero-order valence-electron chi connectivity index (χ0n) is 4.45. The third-order valence-electron chi connectivity index (χ3n) is 0.717. The molecule has 0 amide bonds. The van der Waals surface area contributed by atoms with Gasteiger partial charge in [0.15, 0.2) is 6.29 Å². The highest BCUT2D eigenvalue weighted by atomic mass is 19.3. The number of hydrogen-bond donors (Lipinski definition) is 0. The van der Waals surface area contributed by atoms with Gasteiger partial charge in [-0.15, -0.1) is 0 Å². The van der Waals surface area contributed by atoms with Crippen LogP contribution in [-0.4, -0.2) is 12.2 Å². The molecular formula is C5H6F2O. The smallest absolute Gasteiger partial charge is 0.296 e. The third-order valence-corrected chi connectivity index (χ3v) is 0.717. The van der Waals surface area contributed by atoms with Crippen molar-refractivity contribution < 1.29 is 13.6 Å². The molecule has 0 aromatic heterocycles. The topological polar surface area (TPSA) is 17.1 Å². The molecule has 0 unspecified atom stereocenters. The van der Waals surface area contributed by atoms with Crippen molar-refractivity contribution in [2.75, 3.05) is 0 Å². The minimum atomic E-state index is -3.33. The number of carbonyl (C=O) groups excluding carboxylic acids is 1. The lowest BCUT2D eigenvalue weighted by Gasteiger charge is -2.04. The molecule has 0 saturated carbocycles. The maximum atomic E-state index is 11.8. The standard InChI is InChI=1S/C5H6F2O/c1-4(2)5(6,7)3-8/h3H,1H2,2H3. The van der Waals surface area contributed by atoms with Crippen LogP contribution in [0.5, 0.6) is 0 Å². The van der Waals surface area contributed by atoms with Gasteiger partial charge in [0.25, 0.3) is 0 Å². The maximum Gasteiger partial charge on any atom is 0.323 e. The van der Waals surface area contributed by atoms with E-state index in [0.29, 0.717) is 0 Å². The Morgan fingerprint density at radius 2 is 2.12 bits per heavy atom. The van der Waals surface area contributed by atoms with Gasteiger partial charge in [-0.2, -0.15) is 8.78 Å². The molecule has 0 aliphatic carbocycles. The van der Waals surface area contributed by atoms with Crippen molar-refractivity contribution in [3.63, 3.8) is 0 Å². The zero-order valence-corrected chi connectivity index (χ0v) is 4.45. The molecule has 0 saturated heterocycles. The Hall–Kier alpha value is -0.730. The minimum Gasteiger partial charge on any atom is -0.296 e. The molecule has 0 spiro atoms. The van der Waals surface area contributed by atoms with Gasteiger partial charge >= 0.3 is 5.92 Å². The van der Waals surface area contributed by atoms with Crippen LogP contribution in [-0.2, 0) is 4.79 Å². The number of halogens is 2. The molecule has 0 aromatic rings. The van der Waals surface area contributed by atoms with E-state index in [4.69, 9.17) is 0 Å². The van der Waals surface area contributed by atoms with Crippen molar-refractivity contribution in [1.29, 1.82) is 0 Å². The minimum absolute atomic E-state index is 0.421. The first-order chi connectivity index (χ1) is 3.50. The van der Waals surface area contributed by atoms with Crippen molar-refractivity contribution in [2.24, 2.45) is 0 Å². The van der Waals surface area contributed by atoms with Crippen LogP contribution < -0.4 is 0 Å². The third kappa shape index (κ3) is 1.40. The van der Waals surface area contributed by atoms with Gasteiger partial charge in [-0.25, -0.2) is 0 Å². The summed E-state index contributed by atoms with van der Waals surface area (Å²) in [6.45, 7) is 4.02. The van der Waals surface area contributed by atoms with Gasteiger partial charge in [-0.3, -0.25) is 4.79 Å². The molecule has 1 nitrogen and oxygen atoms in total. The average molecular weight is 120 g/mol. The fourth-order valence-corrected chi connectivity index (χ4v) is 0.101. The zero-order chi connectivity index (χ0) is 6.78. The first-order valence-electron chi connectivity index (χ1n) is 2.01. The van der Waals surface area contributed by atoms with Gasteiger partial charge in [0.2, 0.25) is 0 Å². The predicted octanol–water partition coefficient (Wildman–Crippen LogP) is 1.40. The summed E-state index contributed by atoms with van der Waals surface area (Å²) < 4.78 is 23.6. The van der Waals surface area contributed by atoms with Crippen molar-refractivity contribution in [3.05, 3.63) is 12.2 Å². The van der Waals surface area contributed by atoms with Gasteiger partial charge in [-0.05, 0) is 12.5 Å². The van der Waals surface area contributed by atoms with Crippen LogP contribution in [0.25, 0.3) is 0 Å². The van der Waals surface area contributed by atoms with Crippen LogP contribution in [0.15, 0.2) is 12.2 Å². The molecule has 0 radical (unpaired) electrons. The predicted molar refractivity (Wildman–Crippen MR) is 25.8 cm³/mol. The molecule has 0 fully saturated rings. The molecule has 0 aliphatic heterocycles. The van der Waals surface area contributed by atoms with E-state index in [0.717, 1.165) is 6.92 Å². The molecule has 0 atom stereocenters. The number of carbonyl (C=O) groups is 1. The van der Waals surface area contributed by atoms with Crippen LogP contribution in [0.2, 0.25) is 0 Å². The van der Waals surface area contributed by atoms with Crippen molar-refractivity contribution in [2.45, 2.75) is 12.8 Å². The lowest BCUT2D eigenvalue weighted by Crippen LogP contribution is -2.17. The SMILES string of the molecule is C=C(C)C(F)(F)C=O. The largest absolute Gasteiger partial charge is 0.323 e. The summed E-state index contributed by atoms with van der Waals surface area (Å²) in [5, 5.41) is 0. The first-order valence-corrected chi connectivity index (χ1v) is 2.01. The van der Waals surface area contributed by atoms with Gasteiger partial charge < -0.3 is 0 Å². The van der Waals surface area contributed by atoms with Crippen LogP contribution >= 0.6 is 0 Å². The molecule has 3 heteroatoms. The number of aldehydes is 1. The Balaban J connectivity index is 4.12. The highest BCUT2D eigenvalue weighted by Crippen LogP contribution is 2.17. The second-order valence-electron chi connectivity index (χ2n) is 1.52. The van der Waals surface area contributed by atoms with E-state index in [2.05, 4.69) is 6.58 Å². The van der Waals surface area contributed by atoms with Crippen LogP contribution in [0, 0.1) is 0 Å². The Morgan fingerprint density at radius 1 is 1.75 bits per heavy atom. The van der Waals surface area contributed by atoms with Gasteiger partial charge in [0.1, 0.15) is 0 Å². The normalized spacial score (nSPS) is 10.9. The summed E-state index contributed by atoms with van der Waals surface area (Å²) in [6.07, 6.45) is -0.421. The van der Waals surface area contributed by atoms with E-state index in [9.17, 15) is 13.6 Å². The monoisotopic (exact) mass is 120 g/mol. The number of alkyl halides is 2. The van der Waals surface area contributed by atoms with Crippen molar-refractivity contribution >= 4 is 6.29 Å². The van der Waals surface area contributed by atoms with E-state index in [1.165, 1.54) is 0 Å². The molecule has 0 heterocycles.